The number of carbonyl (C=O) groups excluding carboxylic acids is 2. The van der Waals surface area contributed by atoms with Gasteiger partial charge in [-0.25, -0.2) is 4.98 Å². The van der Waals surface area contributed by atoms with Gasteiger partial charge in [0, 0.05) is 17.0 Å². The summed E-state index contributed by atoms with van der Waals surface area (Å²) in [6, 6.07) is 13.1. The number of carbonyl (C=O) groups is 2. The highest BCUT2D eigenvalue weighted by molar-refractivity contribution is 8.03. The van der Waals surface area contributed by atoms with E-state index in [-0.39, 0.29) is 13.0 Å². The first kappa shape index (κ1) is 19.9. The van der Waals surface area contributed by atoms with Gasteiger partial charge in [-0.05, 0) is 54.6 Å². The van der Waals surface area contributed by atoms with Crippen LogP contribution in [0.15, 0.2) is 47.4 Å². The summed E-state index contributed by atoms with van der Waals surface area (Å²) in [4.78, 5) is 29.2. The van der Waals surface area contributed by atoms with E-state index in [4.69, 9.17) is 10.00 Å². The Morgan fingerprint density at radius 1 is 1.29 bits per heavy atom. The molecule has 0 atom stereocenters. The Labute approximate surface area is 170 Å². The van der Waals surface area contributed by atoms with Crippen molar-refractivity contribution in [2.24, 2.45) is 0 Å². The third-order valence-electron chi connectivity index (χ3n) is 3.88. The Morgan fingerprint density at radius 2 is 2.11 bits per heavy atom. The highest BCUT2D eigenvalue weighted by Gasteiger charge is 2.11. The fraction of sp³-hybridized carbons (Fsp3) is 0.200. The number of nitrogens with one attached hydrogen (secondary N) is 1. The number of benzene rings is 2. The van der Waals surface area contributed by atoms with Crippen LogP contribution in [0.4, 0.5) is 5.69 Å². The number of aromatic nitrogens is 1. The summed E-state index contributed by atoms with van der Waals surface area (Å²) in [6.07, 6.45) is 0.656. The minimum absolute atomic E-state index is 0.173. The molecule has 0 spiro atoms. The quantitative estimate of drug-likeness (QED) is 0.354. The lowest BCUT2D eigenvalue weighted by Gasteiger charge is -2.09. The highest BCUT2D eigenvalue weighted by Crippen LogP contribution is 2.24. The average molecular weight is 412 g/mol. The van der Waals surface area contributed by atoms with Crippen LogP contribution in [-0.2, 0) is 20.7 Å². The number of hydrogen-bond acceptors (Lipinski definition) is 7. The van der Waals surface area contributed by atoms with E-state index in [0.717, 1.165) is 37.4 Å². The number of amides is 1. The molecule has 8 heteroatoms. The number of aryl methyl sites for hydroxylation is 2. The Kier molecular flexibility index (Phi) is 6.63. The van der Waals surface area contributed by atoms with E-state index < -0.39 is 11.9 Å². The number of rotatable bonds is 7. The summed E-state index contributed by atoms with van der Waals surface area (Å²) < 4.78 is 6.14. The standard InChI is InChI=1S/C20H17N3O3S2/c1-13-10-14(27-12-21)6-7-15(13)22-18(24)11-26-20(25)9-8-19-23-16-4-2-3-5-17(16)28-19/h2-7,10H,8-9,11H2,1H3,(H,22,24). The largest absolute Gasteiger partial charge is 0.456 e. The van der Waals surface area contributed by atoms with E-state index in [1.54, 1.807) is 23.5 Å². The van der Waals surface area contributed by atoms with Crippen molar-refractivity contribution in [2.75, 3.05) is 11.9 Å². The van der Waals surface area contributed by atoms with Gasteiger partial charge in [0.2, 0.25) is 0 Å². The molecule has 28 heavy (non-hydrogen) atoms. The second-order valence-corrected chi connectivity index (χ2v) is 7.93. The fourth-order valence-electron chi connectivity index (χ4n) is 2.53. The van der Waals surface area contributed by atoms with Gasteiger partial charge >= 0.3 is 5.97 Å². The summed E-state index contributed by atoms with van der Waals surface area (Å²) in [5.41, 5.74) is 2.37. The SMILES string of the molecule is Cc1cc(SC#N)ccc1NC(=O)COC(=O)CCc1nc2ccccc2s1. The van der Waals surface area contributed by atoms with Crippen molar-refractivity contribution in [1.29, 1.82) is 5.26 Å². The van der Waals surface area contributed by atoms with E-state index >= 15 is 0 Å². The predicted molar refractivity (Wildman–Crippen MR) is 110 cm³/mol. The van der Waals surface area contributed by atoms with Crippen molar-refractivity contribution < 1.29 is 14.3 Å². The average Bonchev–Trinajstić information content (AvgIpc) is 3.10. The molecule has 2 aromatic carbocycles. The number of fused-ring (bicyclic) bond motifs is 1. The lowest BCUT2D eigenvalue weighted by Crippen LogP contribution is -2.21. The maximum Gasteiger partial charge on any atom is 0.306 e. The number of thiazole rings is 1. The molecule has 0 aliphatic rings. The Hall–Kier alpha value is -2.89. The predicted octanol–water partition coefficient (Wildman–Crippen LogP) is 4.29. The first-order valence-electron chi connectivity index (χ1n) is 8.51. The van der Waals surface area contributed by atoms with Gasteiger partial charge in [0.05, 0.1) is 21.6 Å². The second kappa shape index (κ2) is 9.35. The molecule has 0 aliphatic carbocycles. The molecule has 3 aromatic rings. The van der Waals surface area contributed by atoms with Gasteiger partial charge in [-0.2, -0.15) is 5.26 Å². The molecule has 1 N–H and O–H groups in total. The van der Waals surface area contributed by atoms with E-state index in [1.165, 1.54) is 0 Å². The molecule has 142 valence electrons. The first-order chi connectivity index (χ1) is 13.5. The van der Waals surface area contributed by atoms with E-state index in [2.05, 4.69) is 10.3 Å². The normalized spacial score (nSPS) is 10.4. The molecule has 0 unspecified atom stereocenters. The summed E-state index contributed by atoms with van der Waals surface area (Å²) in [7, 11) is 0. The topological polar surface area (TPSA) is 92.1 Å². The summed E-state index contributed by atoms with van der Waals surface area (Å²) >= 11 is 2.61. The van der Waals surface area contributed by atoms with Gasteiger partial charge in [-0.15, -0.1) is 11.3 Å². The smallest absolute Gasteiger partial charge is 0.306 e. The fourth-order valence-corrected chi connectivity index (χ4v) is 3.98. The van der Waals surface area contributed by atoms with E-state index in [1.807, 2.05) is 42.7 Å². The minimum Gasteiger partial charge on any atom is -0.456 e. The number of ether oxygens (including phenoxy) is 1. The molecule has 3 rings (SSSR count). The third kappa shape index (κ3) is 5.31. The third-order valence-corrected chi connectivity index (χ3v) is 5.56. The van der Waals surface area contributed by atoms with Crippen molar-refractivity contribution >= 4 is 50.9 Å². The first-order valence-corrected chi connectivity index (χ1v) is 10.1. The van der Waals surface area contributed by atoms with Gasteiger partial charge in [-0.3, -0.25) is 9.59 Å². The van der Waals surface area contributed by atoms with Gasteiger partial charge in [0.25, 0.3) is 5.91 Å². The molecular weight excluding hydrogens is 394 g/mol. The van der Waals surface area contributed by atoms with Crippen LogP contribution in [-0.4, -0.2) is 23.5 Å². The molecule has 0 fully saturated rings. The number of thiocyanates is 1. The molecule has 1 amide bonds. The van der Waals surface area contributed by atoms with Gasteiger partial charge < -0.3 is 10.1 Å². The molecule has 0 radical (unpaired) electrons. The molecule has 0 aliphatic heterocycles. The van der Waals surface area contributed by atoms with Crippen molar-refractivity contribution in [1.82, 2.24) is 4.98 Å². The van der Waals surface area contributed by atoms with Crippen LogP contribution in [0.3, 0.4) is 0 Å². The molecule has 0 bridgehead atoms. The van der Waals surface area contributed by atoms with Crippen molar-refractivity contribution in [3.8, 4) is 5.40 Å². The zero-order valence-electron chi connectivity index (χ0n) is 15.1. The monoisotopic (exact) mass is 411 g/mol. The van der Waals surface area contributed by atoms with Crippen molar-refractivity contribution in [3.63, 3.8) is 0 Å². The lowest BCUT2D eigenvalue weighted by atomic mass is 10.2. The van der Waals surface area contributed by atoms with Crippen molar-refractivity contribution in [2.45, 2.75) is 24.7 Å². The Morgan fingerprint density at radius 3 is 2.86 bits per heavy atom. The zero-order valence-corrected chi connectivity index (χ0v) is 16.7. The van der Waals surface area contributed by atoms with Crippen LogP contribution in [0.5, 0.6) is 0 Å². The molecule has 0 saturated carbocycles. The van der Waals surface area contributed by atoms with Gasteiger partial charge in [-0.1, -0.05) is 12.1 Å². The molecular formula is C20H17N3O3S2. The zero-order chi connectivity index (χ0) is 19.9. The minimum atomic E-state index is -0.438. The number of nitrogens with zero attached hydrogens (tertiary/aromatic N) is 2. The highest BCUT2D eigenvalue weighted by atomic mass is 32.2. The Balaban J connectivity index is 1.45. The summed E-state index contributed by atoms with van der Waals surface area (Å²) in [6.45, 7) is 1.49. The Bertz CT molecular complexity index is 1020. The van der Waals surface area contributed by atoms with Crippen LogP contribution in [0.1, 0.15) is 17.0 Å². The van der Waals surface area contributed by atoms with Crippen LogP contribution >= 0.6 is 23.1 Å². The number of thioether (sulfide) groups is 1. The maximum atomic E-state index is 12.0. The number of esters is 1. The van der Waals surface area contributed by atoms with Crippen LogP contribution in [0.25, 0.3) is 10.2 Å². The molecule has 1 aromatic heterocycles. The number of hydrogen-bond donors (Lipinski definition) is 1. The molecule has 0 saturated heterocycles. The number of para-hydroxylation sites is 1. The number of nitriles is 1. The summed E-state index contributed by atoms with van der Waals surface area (Å²) in [5.74, 6) is -0.844. The van der Waals surface area contributed by atoms with Crippen LogP contribution in [0.2, 0.25) is 0 Å². The molecule has 6 nitrogen and oxygen atoms in total. The maximum absolute atomic E-state index is 12.0. The van der Waals surface area contributed by atoms with Crippen molar-refractivity contribution in [3.05, 3.63) is 53.0 Å². The molecule has 1 heterocycles. The van der Waals surface area contributed by atoms with Gasteiger partial charge in [0.15, 0.2) is 6.61 Å². The number of anilines is 1. The van der Waals surface area contributed by atoms with Crippen LogP contribution in [0, 0.1) is 17.6 Å². The second-order valence-electron chi connectivity index (χ2n) is 5.95. The summed E-state index contributed by atoms with van der Waals surface area (Å²) in [5, 5.41) is 14.3. The lowest BCUT2D eigenvalue weighted by molar-refractivity contribution is -0.147. The van der Waals surface area contributed by atoms with Crippen LogP contribution < -0.4 is 5.32 Å². The van der Waals surface area contributed by atoms with E-state index in [9.17, 15) is 9.59 Å². The van der Waals surface area contributed by atoms with Gasteiger partial charge in [0.1, 0.15) is 5.40 Å². The van der Waals surface area contributed by atoms with E-state index in [0.29, 0.717) is 12.1 Å².